The highest BCUT2D eigenvalue weighted by molar-refractivity contribution is 7.90. The van der Waals surface area contributed by atoms with Crippen molar-refractivity contribution in [3.05, 3.63) is 59.5 Å². The molecule has 0 atom stereocenters. The number of ether oxygens (including phenoxy) is 1. The molecule has 0 fully saturated rings. The standard InChI is InChI=1S/C24H26N4O4S2/c1-2-32-20-12-7-5-10-17(20)19-16-33-24(26-19)27-22(29)14-4-3-9-15-25-23-18-11-6-8-13-21(18)34(30,31)28-23/h5-8,10-13,16H,2-4,9,14-15H2,1H3,(H,25,28)(H,26,27,29). The molecule has 2 aromatic carbocycles. The minimum Gasteiger partial charge on any atom is -0.493 e. The van der Waals surface area contributed by atoms with Crippen LogP contribution in [-0.4, -0.2) is 38.3 Å². The van der Waals surface area contributed by atoms with E-state index in [0.717, 1.165) is 29.8 Å². The largest absolute Gasteiger partial charge is 0.493 e. The molecule has 1 amide bonds. The number of amides is 1. The topological polar surface area (TPSA) is 110 Å². The lowest BCUT2D eigenvalue weighted by Crippen LogP contribution is -2.22. The van der Waals surface area contributed by atoms with E-state index < -0.39 is 10.0 Å². The van der Waals surface area contributed by atoms with Crippen molar-refractivity contribution < 1.29 is 17.9 Å². The third-order valence-corrected chi connectivity index (χ3v) is 7.36. The minimum absolute atomic E-state index is 0.0808. The number of rotatable bonds is 10. The van der Waals surface area contributed by atoms with E-state index in [2.05, 4.69) is 20.0 Å². The minimum atomic E-state index is -3.51. The van der Waals surface area contributed by atoms with E-state index in [9.17, 15) is 13.2 Å². The number of thiazole rings is 1. The van der Waals surface area contributed by atoms with Gasteiger partial charge in [0, 0.05) is 29.5 Å². The summed E-state index contributed by atoms with van der Waals surface area (Å²) in [6.45, 7) is 2.99. The molecule has 34 heavy (non-hydrogen) atoms. The number of hydrogen-bond acceptors (Lipinski definition) is 7. The molecule has 8 nitrogen and oxygen atoms in total. The highest BCUT2D eigenvalue weighted by atomic mass is 32.2. The van der Waals surface area contributed by atoms with Gasteiger partial charge in [0.15, 0.2) is 5.13 Å². The van der Waals surface area contributed by atoms with Gasteiger partial charge in [0.1, 0.15) is 11.6 Å². The van der Waals surface area contributed by atoms with Gasteiger partial charge in [-0.2, -0.15) is 0 Å². The van der Waals surface area contributed by atoms with Crippen LogP contribution in [0.4, 0.5) is 5.13 Å². The van der Waals surface area contributed by atoms with Crippen LogP contribution < -0.4 is 14.8 Å². The molecule has 0 spiro atoms. The Bertz CT molecular complexity index is 1300. The van der Waals surface area contributed by atoms with Gasteiger partial charge in [-0.3, -0.25) is 14.5 Å². The van der Waals surface area contributed by atoms with Gasteiger partial charge in [0.05, 0.1) is 17.2 Å². The third kappa shape index (κ3) is 5.63. The number of anilines is 1. The maximum Gasteiger partial charge on any atom is 0.263 e. The van der Waals surface area contributed by atoms with Crippen LogP contribution in [0, 0.1) is 0 Å². The van der Waals surface area contributed by atoms with Crippen molar-refractivity contribution in [3.63, 3.8) is 0 Å². The normalized spacial score (nSPS) is 15.0. The fraction of sp³-hybridized carbons (Fsp3) is 0.292. The monoisotopic (exact) mass is 498 g/mol. The Morgan fingerprint density at radius 2 is 1.85 bits per heavy atom. The Hall–Kier alpha value is -3.24. The van der Waals surface area contributed by atoms with E-state index in [4.69, 9.17) is 4.74 Å². The molecule has 0 aliphatic carbocycles. The van der Waals surface area contributed by atoms with Crippen molar-refractivity contribution in [1.82, 2.24) is 9.71 Å². The molecule has 4 rings (SSSR count). The molecule has 0 saturated heterocycles. The summed E-state index contributed by atoms with van der Waals surface area (Å²) in [4.78, 5) is 21.5. The summed E-state index contributed by atoms with van der Waals surface area (Å²) in [5.41, 5.74) is 2.27. The summed E-state index contributed by atoms with van der Waals surface area (Å²) < 4.78 is 32.4. The summed E-state index contributed by atoms with van der Waals surface area (Å²) in [6.07, 6.45) is 2.67. The number of nitrogens with zero attached hydrogens (tertiary/aromatic N) is 2. The van der Waals surface area contributed by atoms with Crippen molar-refractivity contribution in [3.8, 4) is 17.0 Å². The van der Waals surface area contributed by atoms with Crippen LogP contribution in [0.2, 0.25) is 0 Å². The zero-order valence-corrected chi connectivity index (χ0v) is 20.4. The van der Waals surface area contributed by atoms with Crippen LogP contribution in [0.25, 0.3) is 11.3 Å². The number of amidine groups is 1. The number of hydrogen-bond donors (Lipinski definition) is 2. The Morgan fingerprint density at radius 1 is 1.09 bits per heavy atom. The smallest absolute Gasteiger partial charge is 0.263 e. The van der Waals surface area contributed by atoms with Gasteiger partial charge in [-0.05, 0) is 44.0 Å². The van der Waals surface area contributed by atoms with Crippen LogP contribution in [-0.2, 0) is 14.8 Å². The number of para-hydroxylation sites is 1. The van der Waals surface area contributed by atoms with Crippen molar-refractivity contribution in [2.75, 3.05) is 18.5 Å². The zero-order valence-electron chi connectivity index (χ0n) is 18.8. The Kier molecular flexibility index (Phi) is 7.59. The molecule has 1 aromatic heterocycles. The summed E-state index contributed by atoms with van der Waals surface area (Å²) in [5, 5.41) is 5.33. The van der Waals surface area contributed by atoms with E-state index in [1.54, 1.807) is 24.3 Å². The quantitative estimate of drug-likeness (QED) is 0.402. The van der Waals surface area contributed by atoms with E-state index >= 15 is 0 Å². The number of aromatic nitrogens is 1. The van der Waals surface area contributed by atoms with Gasteiger partial charge in [0.25, 0.3) is 10.0 Å². The fourth-order valence-electron chi connectivity index (χ4n) is 3.61. The number of unbranched alkanes of at least 4 members (excludes halogenated alkanes) is 2. The first-order valence-electron chi connectivity index (χ1n) is 11.1. The molecule has 178 valence electrons. The Labute approximate surface area is 203 Å². The second-order valence-corrected chi connectivity index (χ2v) is 10.2. The van der Waals surface area contributed by atoms with E-state index in [0.29, 0.717) is 42.5 Å². The lowest BCUT2D eigenvalue weighted by atomic mass is 10.1. The number of sulfonamides is 1. The first kappa shape index (κ1) is 23.9. The number of carbonyl (C=O) groups is 1. The molecule has 0 unspecified atom stereocenters. The van der Waals surface area contributed by atoms with Crippen LogP contribution in [0.15, 0.2) is 63.8 Å². The van der Waals surface area contributed by atoms with E-state index in [-0.39, 0.29) is 10.8 Å². The summed E-state index contributed by atoms with van der Waals surface area (Å²) in [5.74, 6) is 1.08. The average Bonchev–Trinajstić information content (AvgIpc) is 3.39. The number of nitrogens with one attached hydrogen (secondary N) is 2. The Morgan fingerprint density at radius 3 is 2.68 bits per heavy atom. The van der Waals surface area contributed by atoms with Crippen LogP contribution >= 0.6 is 11.3 Å². The number of carbonyl (C=O) groups excluding carboxylic acids is 1. The van der Waals surface area contributed by atoms with Crippen molar-refractivity contribution in [2.24, 2.45) is 4.99 Å². The fourth-order valence-corrected chi connectivity index (χ4v) is 5.59. The average molecular weight is 499 g/mol. The molecule has 2 heterocycles. The van der Waals surface area contributed by atoms with Crippen LogP contribution in [0.5, 0.6) is 5.75 Å². The van der Waals surface area contributed by atoms with Crippen molar-refractivity contribution in [1.29, 1.82) is 0 Å². The van der Waals surface area contributed by atoms with Gasteiger partial charge in [-0.25, -0.2) is 13.4 Å². The van der Waals surface area contributed by atoms with Crippen LogP contribution in [0.1, 0.15) is 38.2 Å². The van der Waals surface area contributed by atoms with Crippen molar-refractivity contribution in [2.45, 2.75) is 37.5 Å². The number of benzene rings is 2. The highest BCUT2D eigenvalue weighted by Gasteiger charge is 2.29. The molecular weight excluding hydrogens is 472 g/mol. The second kappa shape index (κ2) is 10.8. The third-order valence-electron chi connectivity index (χ3n) is 5.21. The van der Waals surface area contributed by atoms with E-state index in [1.807, 2.05) is 36.6 Å². The van der Waals surface area contributed by atoms with E-state index in [1.165, 1.54) is 11.3 Å². The predicted octanol–water partition coefficient (Wildman–Crippen LogP) is 4.45. The number of fused-ring (bicyclic) bond motifs is 1. The highest BCUT2D eigenvalue weighted by Crippen LogP contribution is 2.32. The van der Waals surface area contributed by atoms with Gasteiger partial charge in [0.2, 0.25) is 5.91 Å². The van der Waals surface area contributed by atoms with Gasteiger partial charge in [-0.15, -0.1) is 11.3 Å². The van der Waals surface area contributed by atoms with Gasteiger partial charge < -0.3 is 10.1 Å². The second-order valence-electron chi connectivity index (χ2n) is 7.66. The maximum atomic E-state index is 12.3. The van der Waals surface area contributed by atoms with Gasteiger partial charge in [-0.1, -0.05) is 30.7 Å². The molecule has 0 saturated carbocycles. The molecular formula is C24H26N4O4S2. The predicted molar refractivity (Wildman–Crippen MR) is 134 cm³/mol. The molecule has 0 radical (unpaired) electrons. The summed E-state index contributed by atoms with van der Waals surface area (Å²) >= 11 is 1.38. The summed E-state index contributed by atoms with van der Waals surface area (Å²) in [6, 6.07) is 14.5. The molecule has 10 heteroatoms. The molecule has 3 aromatic rings. The lowest BCUT2D eigenvalue weighted by Gasteiger charge is -2.07. The molecule has 2 N–H and O–H groups in total. The Balaban J connectivity index is 1.22. The first-order valence-corrected chi connectivity index (χ1v) is 13.5. The number of aliphatic imine (C=N–C) groups is 1. The SMILES string of the molecule is CCOc1ccccc1-c1csc(NC(=O)CCCCCN=C2NS(=O)(=O)c3ccccc32)n1. The molecule has 0 bridgehead atoms. The summed E-state index contributed by atoms with van der Waals surface area (Å²) in [7, 11) is -3.51. The molecule has 1 aliphatic rings. The molecule has 1 aliphatic heterocycles. The maximum absolute atomic E-state index is 12.3. The van der Waals surface area contributed by atoms with Crippen LogP contribution in [0.3, 0.4) is 0 Å². The zero-order chi connectivity index (χ0) is 24.0. The van der Waals surface area contributed by atoms with Crippen molar-refractivity contribution >= 4 is 38.2 Å². The lowest BCUT2D eigenvalue weighted by molar-refractivity contribution is -0.116. The first-order chi connectivity index (χ1) is 16.5. The van der Waals surface area contributed by atoms with Gasteiger partial charge >= 0.3 is 0 Å².